The first-order valence-corrected chi connectivity index (χ1v) is 5.92. The van der Waals surface area contributed by atoms with Crippen LogP contribution in [0.2, 0.25) is 0 Å². The quantitative estimate of drug-likeness (QED) is 0.765. The molecule has 1 rings (SSSR count). The lowest BCUT2D eigenvalue weighted by Gasteiger charge is -2.21. The van der Waals surface area contributed by atoms with Crippen molar-refractivity contribution in [2.75, 3.05) is 6.54 Å². The third kappa shape index (κ3) is 3.49. The van der Waals surface area contributed by atoms with Gasteiger partial charge in [0, 0.05) is 6.04 Å². The zero-order valence-corrected chi connectivity index (χ0v) is 9.53. The molecule has 13 heavy (non-hydrogen) atoms. The van der Waals surface area contributed by atoms with Crippen molar-refractivity contribution in [1.82, 2.24) is 5.32 Å². The summed E-state index contributed by atoms with van der Waals surface area (Å²) >= 11 is 1.78. The Kier molecular flexibility index (Phi) is 4.46. The molecule has 1 atom stereocenters. The van der Waals surface area contributed by atoms with Crippen LogP contribution < -0.4 is 5.32 Å². The summed E-state index contributed by atoms with van der Waals surface area (Å²) in [7, 11) is 0. The van der Waals surface area contributed by atoms with E-state index in [2.05, 4.69) is 42.9 Å². The number of likely N-dealkylation sites (N-methyl/N-ethyl adjacent to an activating group) is 1. The Hall–Kier alpha value is -0.340. The Morgan fingerprint density at radius 1 is 1.46 bits per heavy atom. The third-order valence-corrected chi connectivity index (χ3v) is 3.04. The molecule has 1 heterocycles. The minimum absolute atomic E-state index is 0.625. The fourth-order valence-electron chi connectivity index (χ4n) is 1.47. The second kappa shape index (κ2) is 5.40. The standard InChI is InChI=1S/C11H19NS/c1-4-12-11(9(2)3)7-10-5-6-13-8-10/h5-6,8-9,11-12H,4,7H2,1-3H3. The predicted octanol–water partition coefficient (Wildman–Crippen LogP) is 2.92. The molecule has 0 aliphatic heterocycles. The van der Waals surface area contributed by atoms with Crippen LogP contribution in [0, 0.1) is 5.92 Å². The SMILES string of the molecule is CCNC(Cc1ccsc1)C(C)C. The van der Waals surface area contributed by atoms with E-state index in [4.69, 9.17) is 0 Å². The van der Waals surface area contributed by atoms with Crippen molar-refractivity contribution in [3.05, 3.63) is 22.4 Å². The summed E-state index contributed by atoms with van der Waals surface area (Å²) in [5, 5.41) is 7.92. The summed E-state index contributed by atoms with van der Waals surface area (Å²) in [5.41, 5.74) is 1.46. The molecule has 1 aromatic rings. The van der Waals surface area contributed by atoms with Crippen LogP contribution >= 0.6 is 11.3 Å². The summed E-state index contributed by atoms with van der Waals surface area (Å²) in [6.07, 6.45) is 1.16. The molecule has 1 aromatic heterocycles. The van der Waals surface area contributed by atoms with Crippen LogP contribution in [0.4, 0.5) is 0 Å². The molecule has 0 radical (unpaired) electrons. The maximum absolute atomic E-state index is 3.52. The van der Waals surface area contributed by atoms with Crippen LogP contribution in [0.1, 0.15) is 26.3 Å². The van der Waals surface area contributed by atoms with Crippen molar-refractivity contribution >= 4 is 11.3 Å². The molecule has 0 spiro atoms. The first kappa shape index (κ1) is 10.7. The number of hydrogen-bond donors (Lipinski definition) is 1. The van der Waals surface area contributed by atoms with Crippen LogP contribution in [-0.2, 0) is 6.42 Å². The van der Waals surface area contributed by atoms with E-state index >= 15 is 0 Å². The van der Waals surface area contributed by atoms with Gasteiger partial charge in [-0.05, 0) is 41.3 Å². The summed E-state index contributed by atoms with van der Waals surface area (Å²) in [6.45, 7) is 7.79. The Morgan fingerprint density at radius 3 is 2.69 bits per heavy atom. The van der Waals surface area contributed by atoms with Crippen molar-refractivity contribution in [3.8, 4) is 0 Å². The summed E-state index contributed by atoms with van der Waals surface area (Å²) in [4.78, 5) is 0. The molecule has 2 heteroatoms. The number of rotatable bonds is 5. The van der Waals surface area contributed by atoms with Gasteiger partial charge < -0.3 is 5.32 Å². The van der Waals surface area contributed by atoms with Gasteiger partial charge in [-0.25, -0.2) is 0 Å². The number of hydrogen-bond acceptors (Lipinski definition) is 2. The molecule has 0 saturated heterocycles. The van der Waals surface area contributed by atoms with E-state index in [1.165, 1.54) is 5.56 Å². The number of nitrogens with one attached hydrogen (secondary N) is 1. The van der Waals surface area contributed by atoms with Crippen molar-refractivity contribution in [3.63, 3.8) is 0 Å². The van der Waals surface area contributed by atoms with Gasteiger partial charge >= 0.3 is 0 Å². The van der Waals surface area contributed by atoms with E-state index in [0.29, 0.717) is 12.0 Å². The van der Waals surface area contributed by atoms with Crippen LogP contribution in [0.5, 0.6) is 0 Å². The van der Waals surface area contributed by atoms with Gasteiger partial charge in [-0.1, -0.05) is 20.8 Å². The number of thiophene rings is 1. The van der Waals surface area contributed by atoms with E-state index in [-0.39, 0.29) is 0 Å². The maximum Gasteiger partial charge on any atom is 0.0131 e. The smallest absolute Gasteiger partial charge is 0.0131 e. The minimum atomic E-state index is 0.625. The van der Waals surface area contributed by atoms with Gasteiger partial charge in [0.2, 0.25) is 0 Å². The highest BCUT2D eigenvalue weighted by Crippen LogP contribution is 2.12. The van der Waals surface area contributed by atoms with Gasteiger partial charge in [0.25, 0.3) is 0 Å². The molecule has 0 fully saturated rings. The normalized spacial score (nSPS) is 13.5. The minimum Gasteiger partial charge on any atom is -0.314 e. The Morgan fingerprint density at radius 2 is 2.23 bits per heavy atom. The first-order valence-electron chi connectivity index (χ1n) is 4.98. The highest BCUT2D eigenvalue weighted by Gasteiger charge is 2.12. The molecular weight excluding hydrogens is 178 g/mol. The third-order valence-electron chi connectivity index (χ3n) is 2.31. The molecule has 0 saturated carbocycles. The van der Waals surface area contributed by atoms with Crippen molar-refractivity contribution in [2.24, 2.45) is 5.92 Å². The highest BCUT2D eigenvalue weighted by atomic mass is 32.1. The first-order chi connectivity index (χ1) is 6.24. The van der Waals surface area contributed by atoms with Gasteiger partial charge in [-0.2, -0.15) is 11.3 Å². The van der Waals surface area contributed by atoms with Gasteiger partial charge in [0.15, 0.2) is 0 Å². The molecule has 0 bridgehead atoms. The summed E-state index contributed by atoms with van der Waals surface area (Å²) in [6, 6.07) is 2.84. The van der Waals surface area contributed by atoms with Crippen LogP contribution in [0.25, 0.3) is 0 Å². The maximum atomic E-state index is 3.52. The zero-order valence-electron chi connectivity index (χ0n) is 8.71. The lowest BCUT2D eigenvalue weighted by atomic mass is 9.98. The van der Waals surface area contributed by atoms with E-state index in [1.807, 2.05) is 0 Å². The molecule has 0 amide bonds. The van der Waals surface area contributed by atoms with E-state index in [0.717, 1.165) is 13.0 Å². The Labute approximate surface area is 85.2 Å². The zero-order chi connectivity index (χ0) is 9.68. The summed E-state index contributed by atoms with van der Waals surface area (Å²) < 4.78 is 0. The highest BCUT2D eigenvalue weighted by molar-refractivity contribution is 7.07. The monoisotopic (exact) mass is 197 g/mol. The molecule has 74 valence electrons. The second-order valence-corrected chi connectivity index (χ2v) is 4.52. The average molecular weight is 197 g/mol. The Balaban J connectivity index is 2.47. The molecule has 0 aliphatic rings. The van der Waals surface area contributed by atoms with E-state index in [1.54, 1.807) is 11.3 Å². The lowest BCUT2D eigenvalue weighted by Crippen LogP contribution is -2.35. The molecule has 1 N–H and O–H groups in total. The van der Waals surface area contributed by atoms with Gasteiger partial charge in [0.1, 0.15) is 0 Å². The average Bonchev–Trinajstić information content (AvgIpc) is 2.56. The van der Waals surface area contributed by atoms with Gasteiger partial charge in [-0.15, -0.1) is 0 Å². The molecule has 1 unspecified atom stereocenters. The van der Waals surface area contributed by atoms with E-state index < -0.39 is 0 Å². The Bertz CT molecular complexity index is 216. The van der Waals surface area contributed by atoms with Gasteiger partial charge in [0.05, 0.1) is 0 Å². The van der Waals surface area contributed by atoms with Crippen molar-refractivity contribution in [1.29, 1.82) is 0 Å². The van der Waals surface area contributed by atoms with Crippen LogP contribution in [0.15, 0.2) is 16.8 Å². The molecule has 0 aliphatic carbocycles. The van der Waals surface area contributed by atoms with Crippen LogP contribution in [-0.4, -0.2) is 12.6 Å². The van der Waals surface area contributed by atoms with E-state index in [9.17, 15) is 0 Å². The largest absolute Gasteiger partial charge is 0.314 e. The molecule has 1 nitrogen and oxygen atoms in total. The fourth-order valence-corrected chi connectivity index (χ4v) is 2.15. The summed E-state index contributed by atoms with van der Waals surface area (Å²) in [5.74, 6) is 0.708. The van der Waals surface area contributed by atoms with Crippen LogP contribution in [0.3, 0.4) is 0 Å². The topological polar surface area (TPSA) is 12.0 Å². The lowest BCUT2D eigenvalue weighted by molar-refractivity contribution is 0.405. The second-order valence-electron chi connectivity index (χ2n) is 3.74. The van der Waals surface area contributed by atoms with Crippen molar-refractivity contribution in [2.45, 2.75) is 33.2 Å². The predicted molar refractivity (Wildman–Crippen MR) is 60.3 cm³/mol. The van der Waals surface area contributed by atoms with Crippen molar-refractivity contribution < 1.29 is 0 Å². The van der Waals surface area contributed by atoms with Gasteiger partial charge in [-0.3, -0.25) is 0 Å². The molecule has 0 aromatic carbocycles. The molecular formula is C11H19NS. The fraction of sp³-hybridized carbons (Fsp3) is 0.636.